The number of carbonyl (C=O) groups is 1. The van der Waals surface area contributed by atoms with Crippen molar-refractivity contribution in [1.82, 2.24) is 5.32 Å². The third-order valence-electron chi connectivity index (χ3n) is 4.19. The Morgan fingerprint density at radius 1 is 1.17 bits per heavy atom. The summed E-state index contributed by atoms with van der Waals surface area (Å²) in [4.78, 5) is 12.1. The molecule has 1 aliphatic carbocycles. The van der Waals surface area contributed by atoms with Gasteiger partial charge in [-0.15, -0.1) is 0 Å². The minimum absolute atomic E-state index is 0.000697. The maximum atomic E-state index is 12.1. The first kappa shape index (κ1) is 15.5. The van der Waals surface area contributed by atoms with Crippen LogP contribution in [-0.4, -0.2) is 18.0 Å². The highest BCUT2D eigenvalue weighted by atomic mass is 16.2. The molecule has 3 nitrogen and oxygen atoms in total. The van der Waals surface area contributed by atoms with Gasteiger partial charge in [0.25, 0.3) is 0 Å². The van der Waals surface area contributed by atoms with Gasteiger partial charge in [-0.05, 0) is 31.1 Å². The fourth-order valence-electron chi connectivity index (χ4n) is 2.64. The van der Waals surface area contributed by atoms with Crippen LogP contribution in [0.1, 0.15) is 66.2 Å². The van der Waals surface area contributed by atoms with Crippen molar-refractivity contribution >= 4 is 5.91 Å². The van der Waals surface area contributed by atoms with E-state index in [0.717, 1.165) is 0 Å². The monoisotopic (exact) mass is 254 g/mol. The molecule has 3 heteroatoms. The van der Waals surface area contributed by atoms with Crippen LogP contribution in [0.25, 0.3) is 0 Å². The fourth-order valence-corrected chi connectivity index (χ4v) is 2.64. The second kappa shape index (κ2) is 6.55. The molecule has 18 heavy (non-hydrogen) atoms. The molecule has 0 spiro atoms. The molecule has 0 unspecified atom stereocenters. The molecule has 3 N–H and O–H groups in total. The molecule has 2 atom stereocenters. The van der Waals surface area contributed by atoms with Gasteiger partial charge in [0.05, 0.1) is 6.04 Å². The normalized spacial score (nSPS) is 22.1. The molecule has 1 rings (SSSR count). The van der Waals surface area contributed by atoms with Gasteiger partial charge < -0.3 is 11.1 Å². The predicted molar refractivity (Wildman–Crippen MR) is 76.2 cm³/mol. The van der Waals surface area contributed by atoms with Crippen LogP contribution >= 0.6 is 0 Å². The Kier molecular flexibility index (Phi) is 5.64. The van der Waals surface area contributed by atoms with Crippen LogP contribution in [0.3, 0.4) is 0 Å². The Balaban J connectivity index is 2.47. The summed E-state index contributed by atoms with van der Waals surface area (Å²) in [5.41, 5.74) is 5.82. The first-order valence-corrected chi connectivity index (χ1v) is 7.38. The molecule has 106 valence electrons. The van der Waals surface area contributed by atoms with Gasteiger partial charge >= 0.3 is 0 Å². The molecular formula is C15H30N2O. The molecule has 0 saturated heterocycles. The highest BCUT2D eigenvalue weighted by molar-refractivity contribution is 5.82. The molecule has 0 aromatic heterocycles. The van der Waals surface area contributed by atoms with E-state index in [1.165, 1.54) is 38.5 Å². The summed E-state index contributed by atoms with van der Waals surface area (Å²) in [6.07, 6.45) is 7.78. The number of hydrogen-bond acceptors (Lipinski definition) is 2. The molecule has 1 amide bonds. The molecule has 0 bridgehead atoms. The summed E-state index contributed by atoms with van der Waals surface area (Å²) in [6.45, 7) is 8.15. The molecule has 0 aromatic carbocycles. The van der Waals surface area contributed by atoms with Crippen molar-refractivity contribution < 1.29 is 4.79 Å². The summed E-state index contributed by atoms with van der Waals surface area (Å²) in [5, 5.41) is 3.12. The van der Waals surface area contributed by atoms with Gasteiger partial charge in [-0.25, -0.2) is 0 Å². The first-order valence-electron chi connectivity index (χ1n) is 7.38. The Labute approximate surface area is 112 Å². The largest absolute Gasteiger partial charge is 0.352 e. The first-order chi connectivity index (χ1) is 8.32. The second-order valence-corrected chi connectivity index (χ2v) is 6.89. The Bertz CT molecular complexity index is 262. The van der Waals surface area contributed by atoms with Crippen molar-refractivity contribution in [3.63, 3.8) is 0 Å². The van der Waals surface area contributed by atoms with Crippen molar-refractivity contribution in [2.24, 2.45) is 17.1 Å². The fraction of sp³-hybridized carbons (Fsp3) is 0.933. The van der Waals surface area contributed by atoms with Gasteiger partial charge in [0.15, 0.2) is 0 Å². The van der Waals surface area contributed by atoms with Gasteiger partial charge in [0.2, 0.25) is 5.91 Å². The Morgan fingerprint density at radius 3 is 2.11 bits per heavy atom. The van der Waals surface area contributed by atoms with E-state index in [4.69, 9.17) is 5.73 Å². The zero-order valence-corrected chi connectivity index (χ0v) is 12.5. The summed E-state index contributed by atoms with van der Waals surface area (Å²) in [6, 6.07) is -0.172. The third-order valence-corrected chi connectivity index (χ3v) is 4.19. The SMILES string of the molecule is C[C@H](NC(=O)[C@H](N)C(C)(C)C)C1CCCCCC1. The molecule has 0 aromatic rings. The van der Waals surface area contributed by atoms with E-state index in [1.54, 1.807) is 0 Å². The van der Waals surface area contributed by atoms with E-state index in [1.807, 2.05) is 20.8 Å². The van der Waals surface area contributed by atoms with E-state index in [-0.39, 0.29) is 17.4 Å². The van der Waals surface area contributed by atoms with Crippen LogP contribution in [0.2, 0.25) is 0 Å². The van der Waals surface area contributed by atoms with E-state index >= 15 is 0 Å². The average molecular weight is 254 g/mol. The van der Waals surface area contributed by atoms with E-state index in [2.05, 4.69) is 12.2 Å². The Morgan fingerprint density at radius 2 is 1.67 bits per heavy atom. The summed E-state index contributed by atoms with van der Waals surface area (Å²) in [7, 11) is 0. The number of rotatable bonds is 3. The number of hydrogen-bond donors (Lipinski definition) is 2. The number of amides is 1. The van der Waals surface area contributed by atoms with Crippen molar-refractivity contribution in [2.45, 2.75) is 78.3 Å². The van der Waals surface area contributed by atoms with Crippen LogP contribution in [0, 0.1) is 11.3 Å². The molecule has 0 radical (unpaired) electrons. The van der Waals surface area contributed by atoms with E-state index in [0.29, 0.717) is 5.92 Å². The third kappa shape index (κ3) is 4.60. The minimum atomic E-state index is -0.425. The number of carbonyl (C=O) groups excluding carboxylic acids is 1. The zero-order valence-electron chi connectivity index (χ0n) is 12.5. The van der Waals surface area contributed by atoms with Crippen molar-refractivity contribution in [2.75, 3.05) is 0 Å². The maximum absolute atomic E-state index is 12.1. The topological polar surface area (TPSA) is 55.1 Å². The van der Waals surface area contributed by atoms with Gasteiger partial charge in [-0.1, -0.05) is 46.5 Å². The number of nitrogens with one attached hydrogen (secondary N) is 1. The Hall–Kier alpha value is -0.570. The minimum Gasteiger partial charge on any atom is -0.352 e. The van der Waals surface area contributed by atoms with Crippen LogP contribution in [0.15, 0.2) is 0 Å². The highest BCUT2D eigenvalue weighted by Crippen LogP contribution is 2.26. The van der Waals surface area contributed by atoms with Gasteiger partial charge in [-0.3, -0.25) is 4.79 Å². The average Bonchev–Trinajstić information content (AvgIpc) is 2.55. The van der Waals surface area contributed by atoms with Crippen LogP contribution < -0.4 is 11.1 Å². The lowest BCUT2D eigenvalue weighted by molar-refractivity contribution is -0.125. The summed E-state index contributed by atoms with van der Waals surface area (Å²) >= 11 is 0. The van der Waals surface area contributed by atoms with E-state index in [9.17, 15) is 4.79 Å². The molecular weight excluding hydrogens is 224 g/mol. The standard InChI is InChI=1S/C15H30N2O/c1-11(12-9-7-5-6-8-10-12)17-14(18)13(16)15(2,3)4/h11-13H,5-10,16H2,1-4H3,(H,17,18)/t11-,13-/m0/s1. The van der Waals surface area contributed by atoms with Gasteiger partial charge in [0.1, 0.15) is 0 Å². The van der Waals surface area contributed by atoms with Crippen molar-refractivity contribution in [3.05, 3.63) is 0 Å². The predicted octanol–water partition coefficient (Wildman–Crippen LogP) is 2.83. The van der Waals surface area contributed by atoms with Crippen molar-refractivity contribution in [3.8, 4) is 0 Å². The number of nitrogens with two attached hydrogens (primary N) is 1. The van der Waals surface area contributed by atoms with E-state index < -0.39 is 6.04 Å². The zero-order chi connectivity index (χ0) is 13.8. The second-order valence-electron chi connectivity index (χ2n) is 6.89. The van der Waals surface area contributed by atoms with Crippen LogP contribution in [-0.2, 0) is 4.79 Å². The lowest BCUT2D eigenvalue weighted by Crippen LogP contribution is -2.52. The maximum Gasteiger partial charge on any atom is 0.237 e. The lowest BCUT2D eigenvalue weighted by Gasteiger charge is -2.30. The highest BCUT2D eigenvalue weighted by Gasteiger charge is 2.29. The van der Waals surface area contributed by atoms with Crippen LogP contribution in [0.4, 0.5) is 0 Å². The van der Waals surface area contributed by atoms with Crippen molar-refractivity contribution in [1.29, 1.82) is 0 Å². The molecule has 1 aliphatic rings. The molecule has 0 aliphatic heterocycles. The van der Waals surface area contributed by atoms with Crippen LogP contribution in [0.5, 0.6) is 0 Å². The molecule has 1 fully saturated rings. The van der Waals surface area contributed by atoms with Gasteiger partial charge in [-0.2, -0.15) is 0 Å². The molecule has 0 heterocycles. The molecule has 1 saturated carbocycles. The summed E-state index contributed by atoms with van der Waals surface area (Å²) in [5.74, 6) is 0.628. The quantitative estimate of drug-likeness (QED) is 0.761. The van der Waals surface area contributed by atoms with Gasteiger partial charge in [0, 0.05) is 6.04 Å². The summed E-state index contributed by atoms with van der Waals surface area (Å²) < 4.78 is 0. The smallest absolute Gasteiger partial charge is 0.237 e. The lowest BCUT2D eigenvalue weighted by atomic mass is 9.86.